The second-order valence-electron chi connectivity index (χ2n) is 5.35. The highest BCUT2D eigenvalue weighted by Gasteiger charge is 2.20. The second kappa shape index (κ2) is 9.46. The van der Waals surface area contributed by atoms with Crippen molar-refractivity contribution in [1.82, 2.24) is 0 Å². The van der Waals surface area contributed by atoms with Crippen molar-refractivity contribution in [3.63, 3.8) is 0 Å². The number of para-hydroxylation sites is 1. The Hall–Kier alpha value is -2.24. The van der Waals surface area contributed by atoms with Crippen molar-refractivity contribution in [1.29, 1.82) is 0 Å². The molecule has 138 valence electrons. The van der Waals surface area contributed by atoms with Crippen molar-refractivity contribution in [3.05, 3.63) is 58.1 Å². The lowest BCUT2D eigenvalue weighted by Crippen LogP contribution is -2.32. The predicted octanol–water partition coefficient (Wildman–Crippen LogP) is 4.97. The van der Waals surface area contributed by atoms with Gasteiger partial charge in [0.05, 0.1) is 22.2 Å². The summed E-state index contributed by atoms with van der Waals surface area (Å²) in [4.78, 5) is 24.4. The van der Waals surface area contributed by atoms with Gasteiger partial charge in [0, 0.05) is 5.69 Å². The van der Waals surface area contributed by atoms with E-state index in [2.05, 4.69) is 5.32 Å². The molecule has 2 rings (SSSR count). The fraction of sp³-hybridized carbons (Fsp3) is 0.263. The van der Waals surface area contributed by atoms with Crippen LogP contribution in [0.15, 0.2) is 42.5 Å². The van der Waals surface area contributed by atoms with E-state index in [0.29, 0.717) is 22.9 Å². The second-order valence-corrected chi connectivity index (χ2v) is 6.16. The Bertz CT molecular complexity index is 795. The van der Waals surface area contributed by atoms with E-state index in [1.165, 1.54) is 12.1 Å². The zero-order chi connectivity index (χ0) is 19.1. The van der Waals surface area contributed by atoms with Crippen LogP contribution in [0.5, 0.6) is 5.75 Å². The molecule has 0 saturated carbocycles. The molecule has 0 aromatic heterocycles. The van der Waals surface area contributed by atoms with Crippen molar-refractivity contribution >= 4 is 40.8 Å². The van der Waals surface area contributed by atoms with Gasteiger partial charge in [-0.2, -0.15) is 0 Å². The summed E-state index contributed by atoms with van der Waals surface area (Å²) >= 11 is 12.1. The third kappa shape index (κ3) is 5.13. The number of hydrogen-bond donors (Lipinski definition) is 1. The van der Waals surface area contributed by atoms with Gasteiger partial charge >= 0.3 is 5.97 Å². The van der Waals surface area contributed by atoms with Crippen LogP contribution in [0, 0.1) is 0 Å². The van der Waals surface area contributed by atoms with Gasteiger partial charge in [-0.15, -0.1) is 0 Å². The van der Waals surface area contributed by atoms with Crippen molar-refractivity contribution in [2.75, 3.05) is 11.9 Å². The number of carbonyl (C=O) groups is 2. The van der Waals surface area contributed by atoms with Crippen molar-refractivity contribution in [2.24, 2.45) is 0 Å². The smallest absolute Gasteiger partial charge is 0.339 e. The largest absolute Gasteiger partial charge is 0.479 e. The van der Waals surface area contributed by atoms with E-state index in [0.717, 1.165) is 0 Å². The Labute approximate surface area is 162 Å². The molecule has 7 heteroatoms. The number of amides is 1. The standard InChI is InChI=1S/C19H19Cl2NO4/c1-3-16(26-17-8-6-5-7-15(17)21)18(23)22-12-9-10-14(20)13(11-12)19(24)25-4-2/h5-11,16H,3-4H2,1-2H3,(H,22,23)/t16-/m1/s1. The molecule has 5 nitrogen and oxygen atoms in total. The molecule has 0 fully saturated rings. The van der Waals surface area contributed by atoms with E-state index in [1.807, 2.05) is 6.92 Å². The third-order valence-corrected chi connectivity index (χ3v) is 4.14. The monoisotopic (exact) mass is 395 g/mol. The number of anilines is 1. The van der Waals surface area contributed by atoms with Crippen LogP contribution in [0.1, 0.15) is 30.6 Å². The Balaban J connectivity index is 2.13. The molecule has 26 heavy (non-hydrogen) atoms. The van der Waals surface area contributed by atoms with E-state index in [-0.39, 0.29) is 23.1 Å². The first-order chi connectivity index (χ1) is 12.5. The molecule has 2 aromatic rings. The van der Waals surface area contributed by atoms with Gasteiger partial charge in [0.25, 0.3) is 5.91 Å². The first-order valence-electron chi connectivity index (χ1n) is 8.15. The lowest BCUT2D eigenvalue weighted by atomic mass is 10.2. The molecule has 0 saturated heterocycles. The predicted molar refractivity (Wildman–Crippen MR) is 102 cm³/mol. The molecule has 1 amide bonds. The molecule has 1 atom stereocenters. The summed E-state index contributed by atoms with van der Waals surface area (Å²) in [6.45, 7) is 3.76. The number of ether oxygens (including phenoxy) is 2. The van der Waals surface area contributed by atoms with Crippen LogP contribution >= 0.6 is 23.2 Å². The van der Waals surface area contributed by atoms with Gasteiger partial charge in [-0.05, 0) is 43.7 Å². The molecule has 0 unspecified atom stereocenters. The number of halogens is 2. The number of rotatable bonds is 7. The highest BCUT2D eigenvalue weighted by atomic mass is 35.5. The molecule has 0 spiro atoms. The van der Waals surface area contributed by atoms with E-state index in [9.17, 15) is 9.59 Å². The summed E-state index contributed by atoms with van der Waals surface area (Å²) in [7, 11) is 0. The first kappa shape index (κ1) is 20.1. The molecule has 0 radical (unpaired) electrons. The number of benzene rings is 2. The number of hydrogen-bond acceptors (Lipinski definition) is 4. The maximum Gasteiger partial charge on any atom is 0.339 e. The van der Waals surface area contributed by atoms with E-state index < -0.39 is 12.1 Å². The van der Waals surface area contributed by atoms with E-state index in [4.69, 9.17) is 32.7 Å². The fourth-order valence-electron chi connectivity index (χ4n) is 2.21. The molecule has 0 aliphatic carbocycles. The minimum absolute atomic E-state index is 0.186. The Morgan fingerprint density at radius 1 is 1.08 bits per heavy atom. The minimum Gasteiger partial charge on any atom is -0.479 e. The average molecular weight is 396 g/mol. The van der Waals surface area contributed by atoms with E-state index >= 15 is 0 Å². The summed E-state index contributed by atoms with van der Waals surface area (Å²) in [6.07, 6.45) is -0.299. The molecule has 2 aromatic carbocycles. The highest BCUT2D eigenvalue weighted by Crippen LogP contribution is 2.26. The van der Waals surface area contributed by atoms with E-state index in [1.54, 1.807) is 37.3 Å². The maximum absolute atomic E-state index is 12.5. The molecule has 0 aliphatic heterocycles. The summed E-state index contributed by atoms with van der Waals surface area (Å²) in [5, 5.41) is 3.40. The van der Waals surface area contributed by atoms with Crippen LogP contribution in [-0.4, -0.2) is 24.6 Å². The van der Waals surface area contributed by atoms with Crippen LogP contribution in [0.25, 0.3) is 0 Å². The van der Waals surface area contributed by atoms with Gasteiger partial charge in [-0.3, -0.25) is 4.79 Å². The van der Waals surface area contributed by atoms with Crippen LogP contribution < -0.4 is 10.1 Å². The topological polar surface area (TPSA) is 64.6 Å². The van der Waals surface area contributed by atoms with Crippen molar-refractivity contribution in [3.8, 4) is 5.75 Å². The number of nitrogens with one attached hydrogen (secondary N) is 1. The highest BCUT2D eigenvalue weighted by molar-refractivity contribution is 6.33. The summed E-state index contributed by atoms with van der Waals surface area (Å²) in [6, 6.07) is 11.5. The maximum atomic E-state index is 12.5. The molecule has 1 N–H and O–H groups in total. The molecular formula is C19H19Cl2NO4. The number of esters is 1. The quantitative estimate of drug-likeness (QED) is 0.672. The Morgan fingerprint density at radius 3 is 2.46 bits per heavy atom. The van der Waals surface area contributed by atoms with Gasteiger partial charge in [-0.25, -0.2) is 4.79 Å². The zero-order valence-electron chi connectivity index (χ0n) is 14.4. The summed E-state index contributed by atoms with van der Waals surface area (Å²) in [5.74, 6) is -0.475. The summed E-state index contributed by atoms with van der Waals surface area (Å²) in [5.41, 5.74) is 0.607. The van der Waals surface area contributed by atoms with Gasteiger partial charge < -0.3 is 14.8 Å². The van der Waals surface area contributed by atoms with Crippen LogP contribution in [-0.2, 0) is 9.53 Å². The minimum atomic E-state index is -0.739. The SMILES string of the molecule is CCOC(=O)c1cc(NC(=O)[C@@H](CC)Oc2ccccc2Cl)ccc1Cl. The Kier molecular flexibility index (Phi) is 7.30. The Morgan fingerprint density at radius 2 is 1.81 bits per heavy atom. The van der Waals surface area contributed by atoms with Crippen LogP contribution in [0.4, 0.5) is 5.69 Å². The lowest BCUT2D eigenvalue weighted by Gasteiger charge is -2.18. The summed E-state index contributed by atoms with van der Waals surface area (Å²) < 4.78 is 10.7. The number of carbonyl (C=O) groups excluding carboxylic acids is 2. The average Bonchev–Trinajstić information content (AvgIpc) is 2.62. The molecule has 0 aliphatic rings. The van der Waals surface area contributed by atoms with Crippen LogP contribution in [0.2, 0.25) is 10.0 Å². The zero-order valence-corrected chi connectivity index (χ0v) is 15.9. The molecule has 0 bridgehead atoms. The van der Waals surface area contributed by atoms with Crippen molar-refractivity contribution in [2.45, 2.75) is 26.4 Å². The van der Waals surface area contributed by atoms with Crippen molar-refractivity contribution < 1.29 is 19.1 Å². The normalized spacial score (nSPS) is 11.5. The fourth-order valence-corrected chi connectivity index (χ4v) is 2.58. The molecular weight excluding hydrogens is 377 g/mol. The van der Waals surface area contributed by atoms with Gasteiger partial charge in [-0.1, -0.05) is 42.3 Å². The third-order valence-electron chi connectivity index (χ3n) is 3.50. The van der Waals surface area contributed by atoms with Gasteiger partial charge in [0.15, 0.2) is 6.10 Å². The van der Waals surface area contributed by atoms with Gasteiger partial charge in [0.2, 0.25) is 0 Å². The van der Waals surface area contributed by atoms with Crippen LogP contribution in [0.3, 0.4) is 0 Å². The first-order valence-corrected chi connectivity index (χ1v) is 8.90. The molecule has 0 heterocycles. The van der Waals surface area contributed by atoms with Gasteiger partial charge in [0.1, 0.15) is 5.75 Å². The lowest BCUT2D eigenvalue weighted by molar-refractivity contribution is -0.122.